The van der Waals surface area contributed by atoms with Gasteiger partial charge in [-0.2, -0.15) is 0 Å². The van der Waals surface area contributed by atoms with Gasteiger partial charge in [0.2, 0.25) is 11.9 Å². The average Bonchev–Trinajstić information content (AvgIpc) is 3.48. The number of thioether (sulfide) groups is 1. The van der Waals surface area contributed by atoms with Gasteiger partial charge < -0.3 is 14.2 Å². The van der Waals surface area contributed by atoms with Crippen LogP contribution in [0.4, 0.5) is 5.95 Å². The number of hydrogen-bond acceptors (Lipinski definition) is 6. The number of amides is 1. The zero-order valence-electron chi connectivity index (χ0n) is 19.0. The van der Waals surface area contributed by atoms with Gasteiger partial charge in [-0.05, 0) is 43.4 Å². The Morgan fingerprint density at radius 3 is 2.62 bits per heavy atom. The van der Waals surface area contributed by atoms with Crippen LogP contribution < -0.4 is 4.90 Å². The maximum Gasteiger partial charge on any atom is 0.233 e. The molecule has 0 N–H and O–H groups in total. The average molecular weight is 454 g/mol. The minimum Gasteiger partial charge on any atom is -0.467 e. The summed E-state index contributed by atoms with van der Waals surface area (Å²) in [6.07, 6.45) is 3.98. The molecule has 3 heterocycles. The van der Waals surface area contributed by atoms with Crippen LogP contribution in [0.2, 0.25) is 0 Å². The smallest absolute Gasteiger partial charge is 0.233 e. The molecular formula is C24H31N5O2S. The van der Waals surface area contributed by atoms with Crippen LogP contribution in [-0.2, 0) is 11.3 Å². The summed E-state index contributed by atoms with van der Waals surface area (Å²) in [6, 6.07) is 13.9. The fourth-order valence-corrected chi connectivity index (χ4v) is 4.78. The zero-order chi connectivity index (χ0) is 22.5. The van der Waals surface area contributed by atoms with Crippen LogP contribution in [0.3, 0.4) is 0 Å². The SMILES string of the molecule is CC1CCN(c2nnc(SCC(=O)N(C)C(C)c3ccccc3)n2Cc2ccco2)CC1. The lowest BCUT2D eigenvalue weighted by molar-refractivity contribution is -0.128. The van der Waals surface area contributed by atoms with Crippen LogP contribution in [0, 0.1) is 5.92 Å². The fraction of sp³-hybridized carbons (Fsp3) is 0.458. The standard InChI is InChI=1S/C24H31N5O2S/c1-18-11-13-28(14-12-18)23-25-26-24(29(23)16-21-10-7-15-31-21)32-17-22(30)27(3)19(2)20-8-5-4-6-9-20/h4-10,15,18-19H,11-14,16-17H2,1-3H3. The Balaban J connectivity index is 1.47. The highest BCUT2D eigenvalue weighted by Gasteiger charge is 2.24. The molecule has 3 aromatic rings. The Morgan fingerprint density at radius 1 is 1.19 bits per heavy atom. The molecule has 1 aliphatic heterocycles. The van der Waals surface area contributed by atoms with Gasteiger partial charge in [0.25, 0.3) is 0 Å². The van der Waals surface area contributed by atoms with E-state index < -0.39 is 0 Å². The predicted octanol–water partition coefficient (Wildman–Crippen LogP) is 4.47. The molecule has 0 radical (unpaired) electrons. The van der Waals surface area contributed by atoms with Crippen molar-refractivity contribution < 1.29 is 9.21 Å². The van der Waals surface area contributed by atoms with Crippen LogP contribution in [0.25, 0.3) is 0 Å². The first kappa shape index (κ1) is 22.5. The van der Waals surface area contributed by atoms with Gasteiger partial charge in [0.15, 0.2) is 5.16 Å². The molecule has 7 nitrogen and oxygen atoms in total. The van der Waals surface area contributed by atoms with E-state index in [4.69, 9.17) is 4.42 Å². The normalized spacial score (nSPS) is 15.7. The summed E-state index contributed by atoms with van der Waals surface area (Å²) in [5, 5.41) is 9.69. The molecule has 32 heavy (non-hydrogen) atoms. The van der Waals surface area contributed by atoms with Crippen molar-refractivity contribution >= 4 is 23.6 Å². The van der Waals surface area contributed by atoms with Crippen LogP contribution >= 0.6 is 11.8 Å². The molecule has 1 aliphatic rings. The molecule has 1 aromatic carbocycles. The lowest BCUT2D eigenvalue weighted by Crippen LogP contribution is -2.35. The number of piperidine rings is 1. The van der Waals surface area contributed by atoms with Gasteiger partial charge in [-0.15, -0.1) is 10.2 Å². The second-order valence-corrected chi connectivity index (χ2v) is 9.44. The highest BCUT2D eigenvalue weighted by molar-refractivity contribution is 7.99. The quantitative estimate of drug-likeness (QED) is 0.469. The number of carbonyl (C=O) groups is 1. The van der Waals surface area contributed by atoms with E-state index in [2.05, 4.69) is 26.6 Å². The molecule has 170 valence electrons. The Bertz CT molecular complexity index is 997. The first-order valence-electron chi connectivity index (χ1n) is 11.2. The summed E-state index contributed by atoms with van der Waals surface area (Å²) in [4.78, 5) is 17.0. The fourth-order valence-electron chi connectivity index (χ4n) is 3.93. The zero-order valence-corrected chi connectivity index (χ0v) is 19.8. The molecule has 0 bridgehead atoms. The van der Waals surface area contributed by atoms with Crippen molar-refractivity contribution in [2.24, 2.45) is 5.92 Å². The lowest BCUT2D eigenvalue weighted by Gasteiger charge is -2.31. The van der Waals surface area contributed by atoms with Crippen LogP contribution in [0.1, 0.15) is 44.1 Å². The lowest BCUT2D eigenvalue weighted by atomic mass is 10.00. The second-order valence-electron chi connectivity index (χ2n) is 8.50. The highest BCUT2D eigenvalue weighted by Crippen LogP contribution is 2.28. The molecule has 0 aliphatic carbocycles. The molecule has 8 heteroatoms. The number of anilines is 1. The van der Waals surface area contributed by atoms with Crippen molar-refractivity contribution in [3.63, 3.8) is 0 Å². The summed E-state index contributed by atoms with van der Waals surface area (Å²) < 4.78 is 7.66. The molecule has 1 unspecified atom stereocenters. The molecule has 1 fully saturated rings. The van der Waals surface area contributed by atoms with Crippen molar-refractivity contribution in [1.29, 1.82) is 0 Å². The molecule has 1 saturated heterocycles. The van der Waals surface area contributed by atoms with Crippen molar-refractivity contribution in [2.45, 2.75) is 44.4 Å². The van der Waals surface area contributed by atoms with Gasteiger partial charge in [0, 0.05) is 20.1 Å². The van der Waals surface area contributed by atoms with Crippen LogP contribution in [-0.4, -0.2) is 51.5 Å². The molecule has 4 rings (SSSR count). The molecule has 2 aromatic heterocycles. The Labute approximate surface area is 193 Å². The topological polar surface area (TPSA) is 67.4 Å². The highest BCUT2D eigenvalue weighted by atomic mass is 32.2. The summed E-state index contributed by atoms with van der Waals surface area (Å²) in [5.74, 6) is 2.81. The molecule has 0 spiro atoms. The van der Waals surface area contributed by atoms with Crippen molar-refractivity contribution in [3.05, 3.63) is 60.1 Å². The number of furan rings is 1. The largest absolute Gasteiger partial charge is 0.467 e. The second kappa shape index (κ2) is 10.3. The van der Waals surface area contributed by atoms with E-state index >= 15 is 0 Å². The number of nitrogens with zero attached hydrogens (tertiary/aromatic N) is 5. The first-order chi connectivity index (χ1) is 15.5. The number of benzene rings is 1. The third-order valence-electron chi connectivity index (χ3n) is 6.24. The third-order valence-corrected chi connectivity index (χ3v) is 7.19. The Hall–Kier alpha value is -2.74. The summed E-state index contributed by atoms with van der Waals surface area (Å²) >= 11 is 1.43. The Morgan fingerprint density at radius 2 is 1.94 bits per heavy atom. The maximum atomic E-state index is 12.9. The van der Waals surface area contributed by atoms with Gasteiger partial charge in [-0.1, -0.05) is 49.0 Å². The number of hydrogen-bond donors (Lipinski definition) is 0. The van der Waals surface area contributed by atoms with E-state index in [9.17, 15) is 4.79 Å². The van der Waals surface area contributed by atoms with Gasteiger partial charge in [0.1, 0.15) is 5.76 Å². The molecule has 1 amide bonds. The van der Waals surface area contributed by atoms with Crippen LogP contribution in [0.5, 0.6) is 0 Å². The van der Waals surface area contributed by atoms with Gasteiger partial charge >= 0.3 is 0 Å². The maximum absolute atomic E-state index is 12.9. The van der Waals surface area contributed by atoms with Crippen LogP contribution in [0.15, 0.2) is 58.3 Å². The summed E-state index contributed by atoms with van der Waals surface area (Å²) in [7, 11) is 1.86. The minimum absolute atomic E-state index is 0.0104. The van der Waals surface area contributed by atoms with E-state index in [1.165, 1.54) is 11.8 Å². The number of aromatic nitrogens is 3. The molecule has 0 saturated carbocycles. The number of rotatable bonds is 8. The third kappa shape index (κ3) is 5.18. The van der Waals surface area contributed by atoms with Crippen molar-refractivity contribution in [2.75, 3.05) is 30.8 Å². The molecule has 1 atom stereocenters. The predicted molar refractivity (Wildman–Crippen MR) is 127 cm³/mol. The van der Waals surface area contributed by atoms with Gasteiger partial charge in [-0.3, -0.25) is 9.36 Å². The summed E-state index contributed by atoms with van der Waals surface area (Å²) in [6.45, 7) is 6.84. The van der Waals surface area contributed by atoms with Crippen molar-refractivity contribution in [1.82, 2.24) is 19.7 Å². The van der Waals surface area contributed by atoms with Gasteiger partial charge in [-0.25, -0.2) is 0 Å². The van der Waals surface area contributed by atoms with E-state index in [1.807, 2.05) is 56.4 Å². The Kier molecular flexibility index (Phi) is 7.19. The van der Waals surface area contributed by atoms with E-state index in [1.54, 1.807) is 11.2 Å². The minimum atomic E-state index is 0.0104. The van der Waals surface area contributed by atoms with E-state index in [0.29, 0.717) is 12.3 Å². The number of carbonyl (C=O) groups excluding carboxylic acids is 1. The van der Waals surface area contributed by atoms with Crippen molar-refractivity contribution in [3.8, 4) is 0 Å². The monoisotopic (exact) mass is 453 g/mol. The van der Waals surface area contributed by atoms with Gasteiger partial charge in [0.05, 0.1) is 24.6 Å². The summed E-state index contributed by atoms with van der Waals surface area (Å²) in [5.41, 5.74) is 1.12. The van der Waals surface area contributed by atoms with E-state index in [-0.39, 0.29) is 11.9 Å². The first-order valence-corrected chi connectivity index (χ1v) is 12.2. The molecular weight excluding hydrogens is 422 g/mol. The van der Waals surface area contributed by atoms with E-state index in [0.717, 1.165) is 54.3 Å².